The summed E-state index contributed by atoms with van der Waals surface area (Å²) in [6, 6.07) is 0. The summed E-state index contributed by atoms with van der Waals surface area (Å²) in [4.78, 5) is 14.5. The average Bonchev–Trinajstić information content (AvgIpc) is 2.18. The Bertz CT molecular complexity index is 178. The number of carbonyl (C=O) groups is 1. The Hall–Kier alpha value is -1.19. The zero-order chi connectivity index (χ0) is 8.43. The molecule has 1 aliphatic heterocycles. The molecule has 0 atom stereocenters. The number of hydrogen-bond donors (Lipinski definition) is 1. The van der Waals surface area contributed by atoms with Gasteiger partial charge in [0, 0.05) is 26.5 Å². The van der Waals surface area contributed by atoms with Crippen LogP contribution in [0.2, 0.25) is 0 Å². The maximum atomic E-state index is 10.6. The van der Waals surface area contributed by atoms with E-state index in [1.807, 2.05) is 36.3 Å². The van der Waals surface area contributed by atoms with Crippen LogP contribution in [-0.4, -0.2) is 36.0 Å². The molecule has 1 rings (SSSR count). The zero-order valence-corrected chi connectivity index (χ0v) is 6.82. The number of primary amides is 1. The number of hydrogen-bond acceptors (Lipinski definition) is 3. The van der Waals surface area contributed by atoms with Crippen LogP contribution in [0, 0.1) is 0 Å². The van der Waals surface area contributed by atoms with Crippen molar-refractivity contribution in [2.24, 2.45) is 5.73 Å². The predicted molar refractivity (Wildman–Crippen MR) is 42.3 cm³/mol. The number of amides is 1. The van der Waals surface area contributed by atoms with Crippen molar-refractivity contribution in [2.45, 2.75) is 12.6 Å². The predicted octanol–water partition coefficient (Wildman–Crippen LogP) is -0.464. The highest BCUT2D eigenvalue weighted by molar-refractivity contribution is 5.74. The van der Waals surface area contributed by atoms with Crippen molar-refractivity contribution in [3.8, 4) is 0 Å². The standard InChI is InChI=1S/C7H13N3O/c1-9-3-4-10(2)7(9)5-6(8)11/h3-4,7H,5H2,1-2H3,(H2,8,11). The van der Waals surface area contributed by atoms with E-state index >= 15 is 0 Å². The van der Waals surface area contributed by atoms with Gasteiger partial charge in [-0.15, -0.1) is 0 Å². The summed E-state index contributed by atoms with van der Waals surface area (Å²) >= 11 is 0. The van der Waals surface area contributed by atoms with Gasteiger partial charge in [0.05, 0.1) is 6.42 Å². The second-order valence-electron chi connectivity index (χ2n) is 2.78. The first-order valence-electron chi connectivity index (χ1n) is 3.52. The Morgan fingerprint density at radius 3 is 2.27 bits per heavy atom. The Morgan fingerprint density at radius 1 is 1.45 bits per heavy atom. The third-order valence-corrected chi connectivity index (χ3v) is 1.86. The van der Waals surface area contributed by atoms with Crippen molar-refractivity contribution in [2.75, 3.05) is 14.1 Å². The summed E-state index contributed by atoms with van der Waals surface area (Å²) in [5.41, 5.74) is 5.08. The molecule has 0 fully saturated rings. The van der Waals surface area contributed by atoms with Crippen molar-refractivity contribution in [3.63, 3.8) is 0 Å². The van der Waals surface area contributed by atoms with E-state index in [9.17, 15) is 4.79 Å². The van der Waals surface area contributed by atoms with Gasteiger partial charge in [0.1, 0.15) is 6.17 Å². The van der Waals surface area contributed by atoms with E-state index in [2.05, 4.69) is 0 Å². The molecule has 4 nitrogen and oxygen atoms in total. The molecule has 1 heterocycles. The molecule has 62 valence electrons. The summed E-state index contributed by atoms with van der Waals surface area (Å²) < 4.78 is 0. The maximum absolute atomic E-state index is 10.6. The van der Waals surface area contributed by atoms with Gasteiger partial charge in [0.2, 0.25) is 5.91 Å². The molecule has 0 radical (unpaired) electrons. The van der Waals surface area contributed by atoms with Crippen LogP contribution in [0.4, 0.5) is 0 Å². The first kappa shape index (κ1) is 7.91. The minimum atomic E-state index is -0.266. The number of rotatable bonds is 2. The Kier molecular flexibility index (Phi) is 2.03. The maximum Gasteiger partial charge on any atom is 0.221 e. The highest BCUT2D eigenvalue weighted by Crippen LogP contribution is 2.13. The third kappa shape index (κ3) is 1.63. The fraction of sp³-hybridized carbons (Fsp3) is 0.571. The summed E-state index contributed by atoms with van der Waals surface area (Å²) in [6.07, 6.45) is 4.33. The van der Waals surface area contributed by atoms with E-state index in [4.69, 9.17) is 5.73 Å². The molecular weight excluding hydrogens is 142 g/mol. The van der Waals surface area contributed by atoms with Crippen molar-refractivity contribution in [1.82, 2.24) is 9.80 Å². The zero-order valence-electron chi connectivity index (χ0n) is 6.82. The fourth-order valence-electron chi connectivity index (χ4n) is 1.16. The molecule has 4 heteroatoms. The third-order valence-electron chi connectivity index (χ3n) is 1.86. The molecule has 0 saturated heterocycles. The van der Waals surface area contributed by atoms with Crippen LogP contribution in [0.25, 0.3) is 0 Å². The summed E-state index contributed by atoms with van der Waals surface area (Å²) in [5, 5.41) is 0. The molecule has 1 aliphatic rings. The lowest BCUT2D eigenvalue weighted by Gasteiger charge is -2.25. The van der Waals surface area contributed by atoms with Gasteiger partial charge < -0.3 is 15.5 Å². The molecular formula is C7H13N3O. The largest absolute Gasteiger partial charge is 0.370 e. The molecule has 0 saturated carbocycles. The molecule has 2 N–H and O–H groups in total. The number of carbonyl (C=O) groups excluding carboxylic acids is 1. The summed E-state index contributed by atoms with van der Waals surface area (Å²) in [7, 11) is 3.85. The van der Waals surface area contributed by atoms with Gasteiger partial charge in [-0.25, -0.2) is 0 Å². The second kappa shape index (κ2) is 2.82. The van der Waals surface area contributed by atoms with Gasteiger partial charge in [-0.2, -0.15) is 0 Å². The van der Waals surface area contributed by atoms with Crippen LogP contribution < -0.4 is 5.73 Å². The molecule has 0 bridgehead atoms. The SMILES string of the molecule is CN1C=CN(C)C1CC(N)=O. The average molecular weight is 155 g/mol. The minimum Gasteiger partial charge on any atom is -0.370 e. The topological polar surface area (TPSA) is 49.6 Å². The van der Waals surface area contributed by atoms with Crippen molar-refractivity contribution in [1.29, 1.82) is 0 Å². The van der Waals surface area contributed by atoms with Gasteiger partial charge in [0.15, 0.2) is 0 Å². The number of nitrogens with two attached hydrogens (primary N) is 1. The lowest BCUT2D eigenvalue weighted by atomic mass is 10.3. The Morgan fingerprint density at radius 2 is 1.91 bits per heavy atom. The van der Waals surface area contributed by atoms with Gasteiger partial charge in [0.25, 0.3) is 0 Å². The summed E-state index contributed by atoms with van der Waals surface area (Å²) in [6.45, 7) is 0. The van der Waals surface area contributed by atoms with E-state index in [0.717, 1.165) is 0 Å². The Labute approximate surface area is 66.3 Å². The van der Waals surface area contributed by atoms with E-state index in [-0.39, 0.29) is 12.1 Å². The number of nitrogens with zero attached hydrogens (tertiary/aromatic N) is 2. The molecule has 0 spiro atoms. The van der Waals surface area contributed by atoms with Crippen LogP contribution in [0.15, 0.2) is 12.4 Å². The molecule has 0 aromatic rings. The van der Waals surface area contributed by atoms with Crippen LogP contribution in [-0.2, 0) is 4.79 Å². The van der Waals surface area contributed by atoms with Gasteiger partial charge in [-0.05, 0) is 0 Å². The van der Waals surface area contributed by atoms with E-state index < -0.39 is 0 Å². The first-order valence-corrected chi connectivity index (χ1v) is 3.52. The van der Waals surface area contributed by atoms with Crippen molar-refractivity contribution >= 4 is 5.91 Å². The molecule has 0 aliphatic carbocycles. The van der Waals surface area contributed by atoms with Gasteiger partial charge >= 0.3 is 0 Å². The normalized spacial score (nSPS) is 18.0. The lowest BCUT2D eigenvalue weighted by molar-refractivity contribution is -0.119. The van der Waals surface area contributed by atoms with Crippen molar-refractivity contribution in [3.05, 3.63) is 12.4 Å². The van der Waals surface area contributed by atoms with Gasteiger partial charge in [-0.1, -0.05) is 0 Å². The minimum absolute atomic E-state index is 0.104. The van der Waals surface area contributed by atoms with E-state index in [0.29, 0.717) is 6.42 Å². The second-order valence-corrected chi connectivity index (χ2v) is 2.78. The highest BCUT2D eigenvalue weighted by Gasteiger charge is 2.21. The smallest absolute Gasteiger partial charge is 0.221 e. The Balaban J connectivity index is 2.52. The van der Waals surface area contributed by atoms with Crippen LogP contribution in [0.5, 0.6) is 0 Å². The lowest BCUT2D eigenvalue weighted by Crippen LogP contribution is -2.37. The fourth-order valence-corrected chi connectivity index (χ4v) is 1.16. The van der Waals surface area contributed by atoms with Crippen LogP contribution in [0.3, 0.4) is 0 Å². The summed E-state index contributed by atoms with van der Waals surface area (Å²) in [5.74, 6) is -0.266. The molecule has 0 unspecified atom stereocenters. The molecule has 1 amide bonds. The quantitative estimate of drug-likeness (QED) is 0.587. The van der Waals surface area contributed by atoms with Crippen molar-refractivity contribution < 1.29 is 4.79 Å². The molecule has 11 heavy (non-hydrogen) atoms. The first-order chi connectivity index (χ1) is 5.11. The monoisotopic (exact) mass is 155 g/mol. The van der Waals surface area contributed by atoms with E-state index in [1.165, 1.54) is 0 Å². The highest BCUT2D eigenvalue weighted by atomic mass is 16.1. The van der Waals surface area contributed by atoms with Crippen LogP contribution >= 0.6 is 0 Å². The van der Waals surface area contributed by atoms with Gasteiger partial charge in [-0.3, -0.25) is 4.79 Å². The van der Waals surface area contributed by atoms with Crippen LogP contribution in [0.1, 0.15) is 6.42 Å². The van der Waals surface area contributed by atoms with E-state index in [1.54, 1.807) is 0 Å². The molecule has 0 aromatic carbocycles. The molecule has 0 aromatic heterocycles.